The zero-order valence-electron chi connectivity index (χ0n) is 29.4. The highest BCUT2D eigenvalue weighted by molar-refractivity contribution is 6.24. The predicted octanol–water partition coefficient (Wildman–Crippen LogP) is 6.20. The smallest absolute Gasteiger partial charge is 0.309 e. The van der Waals surface area contributed by atoms with E-state index in [4.69, 9.17) is 28.4 Å². The van der Waals surface area contributed by atoms with Crippen molar-refractivity contribution in [3.8, 4) is 45.9 Å². The summed E-state index contributed by atoms with van der Waals surface area (Å²) in [5.41, 5.74) is 0.333. The summed E-state index contributed by atoms with van der Waals surface area (Å²) in [6.45, 7) is 7.18. The molecule has 0 N–H and O–H groups in total. The molecule has 0 aliphatic rings. The minimum atomic E-state index is -0.764. The van der Waals surface area contributed by atoms with Crippen molar-refractivity contribution in [2.45, 2.75) is 41.5 Å². The number of rotatable bonds is 7. The van der Waals surface area contributed by atoms with Crippen LogP contribution in [0.4, 0.5) is 0 Å². The molecule has 0 atom stereocenters. The fourth-order valence-electron chi connectivity index (χ4n) is 6.55. The van der Waals surface area contributed by atoms with E-state index in [0.29, 0.717) is 21.5 Å². The number of hydrogen-bond donors (Lipinski definition) is 0. The van der Waals surface area contributed by atoms with Gasteiger partial charge in [0.05, 0.1) is 32.9 Å². The lowest BCUT2D eigenvalue weighted by molar-refractivity contribution is -0.133. The highest BCUT2D eigenvalue weighted by atomic mass is 16.6. The largest absolute Gasteiger partial charge is 0.425 e. The van der Waals surface area contributed by atoms with Crippen LogP contribution in [0.3, 0.4) is 0 Å². The SMILES string of the molecule is CC(=O)Oc1c2ccccc2c(OC(C)=O)c2c1c(-c1c(OC(C)=O)n(C)c3c(OC(C)=O)c4ccccc4c(OC(C)=O)c13)c(OC(C)=O)n2C. The van der Waals surface area contributed by atoms with Crippen molar-refractivity contribution < 1.29 is 57.2 Å². The van der Waals surface area contributed by atoms with E-state index in [1.807, 2.05) is 0 Å². The summed E-state index contributed by atoms with van der Waals surface area (Å²) in [5, 5.41) is 1.63. The standard InChI is InChI=1S/C38H32N2O12/c1-17(41)47-33-23-13-9-11-15-25(23)35(49-19(3)43)31-29(33)27(37(39(31)7)51-21(5)45)28-30-32(40(8)38(28)52-22(6)46)36(50-20(4)44)26-16-12-10-14-24(26)34(30)48-18(2)42/h9-16H,1-8H3. The first-order valence-electron chi connectivity index (χ1n) is 15.9. The molecular weight excluding hydrogens is 676 g/mol. The molecule has 0 radical (unpaired) electrons. The summed E-state index contributed by atoms with van der Waals surface area (Å²) < 4.78 is 38.1. The maximum atomic E-state index is 12.9. The topological polar surface area (TPSA) is 168 Å². The average Bonchev–Trinajstić information content (AvgIpc) is 3.48. The number of aromatic nitrogens is 2. The minimum absolute atomic E-state index is 0.0150. The Balaban J connectivity index is 2.02. The summed E-state index contributed by atoms with van der Waals surface area (Å²) in [6.07, 6.45) is 0. The molecule has 4 aromatic carbocycles. The number of benzene rings is 4. The van der Waals surface area contributed by atoms with Crippen LogP contribution < -0.4 is 28.4 Å². The van der Waals surface area contributed by atoms with Crippen LogP contribution in [-0.2, 0) is 42.9 Å². The molecule has 2 aromatic heterocycles. The number of ether oxygens (including phenoxy) is 6. The number of hydrogen-bond acceptors (Lipinski definition) is 12. The van der Waals surface area contributed by atoms with Gasteiger partial charge >= 0.3 is 35.8 Å². The van der Waals surface area contributed by atoms with Crippen molar-refractivity contribution in [3.63, 3.8) is 0 Å². The zero-order valence-corrected chi connectivity index (χ0v) is 29.4. The number of fused-ring (bicyclic) bond motifs is 4. The van der Waals surface area contributed by atoms with Gasteiger partial charge in [-0.05, 0) is 0 Å². The highest BCUT2D eigenvalue weighted by Gasteiger charge is 2.37. The third-order valence-corrected chi connectivity index (χ3v) is 8.11. The van der Waals surface area contributed by atoms with Crippen LogP contribution in [0.5, 0.6) is 34.8 Å². The lowest BCUT2D eigenvalue weighted by Crippen LogP contribution is -2.08. The highest BCUT2D eigenvalue weighted by Crippen LogP contribution is 2.58. The molecule has 266 valence electrons. The molecule has 0 amide bonds. The molecule has 0 saturated heterocycles. The number of carbonyl (C=O) groups is 6. The molecule has 6 rings (SSSR count). The zero-order chi connectivity index (χ0) is 37.8. The van der Waals surface area contributed by atoms with Gasteiger partial charge in [-0.1, -0.05) is 48.5 Å². The van der Waals surface area contributed by atoms with E-state index in [1.165, 1.54) is 64.8 Å². The van der Waals surface area contributed by atoms with Gasteiger partial charge < -0.3 is 37.6 Å². The third-order valence-electron chi connectivity index (χ3n) is 8.11. The normalized spacial score (nSPS) is 11.2. The summed E-state index contributed by atoms with van der Waals surface area (Å²) in [4.78, 5) is 76.5. The molecule has 14 nitrogen and oxygen atoms in total. The van der Waals surface area contributed by atoms with E-state index >= 15 is 0 Å². The van der Waals surface area contributed by atoms with E-state index in [0.717, 1.165) is 0 Å². The second-order valence-electron chi connectivity index (χ2n) is 11.9. The molecule has 0 saturated carbocycles. The summed E-state index contributed by atoms with van der Waals surface area (Å²) >= 11 is 0. The molecule has 0 bridgehead atoms. The van der Waals surface area contributed by atoms with Crippen LogP contribution in [0, 0.1) is 0 Å². The number of aryl methyl sites for hydroxylation is 2. The van der Waals surface area contributed by atoms with Crippen molar-refractivity contribution in [2.75, 3.05) is 0 Å². The van der Waals surface area contributed by atoms with Crippen molar-refractivity contribution in [3.05, 3.63) is 48.5 Å². The molecule has 0 spiro atoms. The van der Waals surface area contributed by atoms with Crippen molar-refractivity contribution in [2.24, 2.45) is 14.1 Å². The van der Waals surface area contributed by atoms with Gasteiger partial charge in [-0.15, -0.1) is 0 Å². The quantitative estimate of drug-likeness (QED) is 0.136. The van der Waals surface area contributed by atoms with Gasteiger partial charge in [0.15, 0.2) is 11.5 Å². The first-order chi connectivity index (χ1) is 24.6. The fourth-order valence-corrected chi connectivity index (χ4v) is 6.55. The predicted molar refractivity (Wildman–Crippen MR) is 188 cm³/mol. The monoisotopic (exact) mass is 708 g/mol. The first-order valence-corrected chi connectivity index (χ1v) is 15.9. The Hall–Kier alpha value is -6.70. The summed E-state index contributed by atoms with van der Waals surface area (Å²) in [7, 11) is 3.07. The Morgan fingerprint density at radius 1 is 0.404 bits per heavy atom. The van der Waals surface area contributed by atoms with Gasteiger partial charge in [0.1, 0.15) is 11.5 Å². The van der Waals surface area contributed by atoms with Gasteiger partial charge in [0, 0.05) is 77.2 Å². The van der Waals surface area contributed by atoms with E-state index in [1.54, 1.807) is 48.5 Å². The van der Waals surface area contributed by atoms with Crippen molar-refractivity contribution in [1.82, 2.24) is 9.13 Å². The maximum Gasteiger partial charge on any atom is 0.309 e. The summed E-state index contributed by atoms with van der Waals surface area (Å²) in [5.74, 6) is -4.57. The number of carbonyl (C=O) groups excluding carboxylic acids is 6. The van der Waals surface area contributed by atoms with E-state index in [2.05, 4.69) is 0 Å². The van der Waals surface area contributed by atoms with Crippen LogP contribution in [-0.4, -0.2) is 45.0 Å². The minimum Gasteiger partial charge on any atom is -0.425 e. The average molecular weight is 709 g/mol. The van der Waals surface area contributed by atoms with Crippen LogP contribution in [0.15, 0.2) is 48.5 Å². The lowest BCUT2D eigenvalue weighted by atomic mass is 9.96. The molecule has 14 heteroatoms. The molecule has 0 aliphatic heterocycles. The van der Waals surface area contributed by atoms with E-state index < -0.39 is 35.8 Å². The molecule has 0 unspecified atom stereocenters. The molecule has 6 aromatic rings. The summed E-state index contributed by atoms with van der Waals surface area (Å²) in [6, 6.07) is 13.4. The van der Waals surface area contributed by atoms with E-state index in [-0.39, 0.29) is 67.7 Å². The fraction of sp³-hybridized carbons (Fsp3) is 0.211. The van der Waals surface area contributed by atoms with Crippen LogP contribution in [0.25, 0.3) is 54.5 Å². The maximum absolute atomic E-state index is 12.9. The van der Waals surface area contributed by atoms with E-state index in [9.17, 15) is 28.8 Å². The van der Waals surface area contributed by atoms with Crippen LogP contribution in [0.2, 0.25) is 0 Å². The Bertz CT molecular complexity index is 2390. The Kier molecular flexibility index (Phi) is 8.92. The molecule has 0 fully saturated rings. The van der Waals surface area contributed by atoms with Gasteiger partial charge in [-0.25, -0.2) is 0 Å². The Morgan fingerprint density at radius 2 is 0.654 bits per heavy atom. The third kappa shape index (κ3) is 5.83. The number of esters is 6. The molecule has 52 heavy (non-hydrogen) atoms. The van der Waals surface area contributed by atoms with Gasteiger partial charge in [0.2, 0.25) is 11.8 Å². The van der Waals surface area contributed by atoms with Gasteiger partial charge in [-0.3, -0.25) is 28.8 Å². The first kappa shape index (κ1) is 35.1. The lowest BCUT2D eigenvalue weighted by Gasteiger charge is -2.16. The second-order valence-corrected chi connectivity index (χ2v) is 11.9. The molecule has 0 aliphatic carbocycles. The number of nitrogens with zero attached hydrogens (tertiary/aromatic N) is 2. The Labute approximate surface area is 295 Å². The van der Waals surface area contributed by atoms with Gasteiger partial charge in [-0.2, -0.15) is 0 Å². The molecule has 2 heterocycles. The molecular formula is C38H32N2O12. The van der Waals surface area contributed by atoms with Crippen molar-refractivity contribution in [1.29, 1.82) is 0 Å². The van der Waals surface area contributed by atoms with Crippen molar-refractivity contribution >= 4 is 79.2 Å². The second kappa shape index (κ2) is 13.2. The van der Waals surface area contributed by atoms with Gasteiger partial charge in [0.25, 0.3) is 0 Å². The Morgan fingerprint density at radius 3 is 0.923 bits per heavy atom. The van der Waals surface area contributed by atoms with Crippen LogP contribution >= 0.6 is 0 Å². The van der Waals surface area contributed by atoms with Crippen LogP contribution in [0.1, 0.15) is 41.5 Å².